The smallest absolute Gasteiger partial charge is 0.134 e. The third kappa shape index (κ3) is 2.68. The zero-order valence-corrected chi connectivity index (χ0v) is 10.4. The average molecular weight is 279 g/mol. The van der Waals surface area contributed by atoms with Crippen molar-refractivity contribution in [1.82, 2.24) is 0 Å². The van der Waals surface area contributed by atoms with Gasteiger partial charge in [-0.1, -0.05) is 29.8 Å². The maximum Gasteiger partial charge on any atom is 0.134 e. The first-order valence-corrected chi connectivity index (χ1v) is 5.56. The van der Waals surface area contributed by atoms with E-state index in [2.05, 4.69) is 15.9 Å². The number of hydrogen-bond donors (Lipinski definition) is 0. The van der Waals surface area contributed by atoms with Crippen molar-refractivity contribution in [2.45, 2.75) is 18.7 Å². The van der Waals surface area contributed by atoms with Crippen molar-refractivity contribution in [3.05, 3.63) is 29.3 Å². The molecule has 0 amide bonds. The summed E-state index contributed by atoms with van der Waals surface area (Å²) in [5.41, 5.74) is 0.0609. The van der Waals surface area contributed by atoms with Gasteiger partial charge in [-0.2, -0.15) is 0 Å². The van der Waals surface area contributed by atoms with Crippen LogP contribution < -0.4 is 4.74 Å². The third-order valence-corrected chi connectivity index (χ3v) is 3.66. The van der Waals surface area contributed by atoms with Gasteiger partial charge in [-0.05, 0) is 5.92 Å². The normalized spacial score (nSPS) is 13.0. The van der Waals surface area contributed by atoms with Gasteiger partial charge in [0.15, 0.2) is 0 Å². The van der Waals surface area contributed by atoms with Crippen molar-refractivity contribution in [3.63, 3.8) is 0 Å². The van der Waals surface area contributed by atoms with Crippen molar-refractivity contribution in [2.75, 3.05) is 7.11 Å². The quantitative estimate of drug-likeness (QED) is 0.758. The van der Waals surface area contributed by atoms with Gasteiger partial charge in [0.2, 0.25) is 0 Å². The Hall–Kier alpha value is -0.640. The second kappa shape index (κ2) is 4.92. The first-order chi connectivity index (χ1) is 6.97. The van der Waals surface area contributed by atoms with E-state index in [-0.39, 0.29) is 22.1 Å². The molecular formula is C11H13BrF2O. The number of hydrogen-bond acceptors (Lipinski definition) is 1. The first-order valence-electron chi connectivity index (χ1n) is 4.64. The zero-order valence-electron chi connectivity index (χ0n) is 8.85. The summed E-state index contributed by atoms with van der Waals surface area (Å²) in [6.45, 7) is 3.78. The second-order valence-corrected chi connectivity index (χ2v) is 4.64. The Bertz CT molecular complexity index is 329. The van der Waals surface area contributed by atoms with E-state index in [4.69, 9.17) is 4.74 Å². The van der Waals surface area contributed by atoms with E-state index in [1.807, 2.05) is 13.8 Å². The lowest BCUT2D eigenvalue weighted by Crippen LogP contribution is -2.05. The van der Waals surface area contributed by atoms with E-state index >= 15 is 0 Å². The zero-order chi connectivity index (χ0) is 11.6. The van der Waals surface area contributed by atoms with E-state index in [1.165, 1.54) is 19.2 Å². The van der Waals surface area contributed by atoms with Gasteiger partial charge in [-0.15, -0.1) is 0 Å². The van der Waals surface area contributed by atoms with Crippen LogP contribution in [0.2, 0.25) is 0 Å². The van der Waals surface area contributed by atoms with Gasteiger partial charge in [0.05, 0.1) is 7.11 Å². The van der Waals surface area contributed by atoms with E-state index in [1.54, 1.807) is 0 Å². The lowest BCUT2D eigenvalue weighted by atomic mass is 10.0. The molecular weight excluding hydrogens is 266 g/mol. The molecule has 0 saturated heterocycles. The minimum Gasteiger partial charge on any atom is -0.497 e. The summed E-state index contributed by atoms with van der Waals surface area (Å²) in [6.07, 6.45) is 0. The largest absolute Gasteiger partial charge is 0.497 e. The van der Waals surface area contributed by atoms with Crippen LogP contribution >= 0.6 is 15.9 Å². The van der Waals surface area contributed by atoms with Crippen LogP contribution in [0.25, 0.3) is 0 Å². The summed E-state index contributed by atoms with van der Waals surface area (Å²) >= 11 is 3.28. The Labute approximate surface area is 96.6 Å². The van der Waals surface area contributed by atoms with Gasteiger partial charge in [-0.3, -0.25) is 0 Å². The molecule has 0 aliphatic heterocycles. The van der Waals surface area contributed by atoms with Crippen LogP contribution in [0.3, 0.4) is 0 Å². The molecule has 4 heteroatoms. The Morgan fingerprint density at radius 3 is 2.00 bits per heavy atom. The number of benzene rings is 1. The summed E-state index contributed by atoms with van der Waals surface area (Å²) in [4.78, 5) is -0.330. The second-order valence-electron chi connectivity index (χ2n) is 3.65. The van der Waals surface area contributed by atoms with E-state index in [0.717, 1.165) is 0 Å². The fourth-order valence-corrected chi connectivity index (χ4v) is 1.71. The molecule has 0 aliphatic rings. The van der Waals surface area contributed by atoms with Gasteiger partial charge in [0.25, 0.3) is 0 Å². The topological polar surface area (TPSA) is 9.23 Å². The summed E-state index contributed by atoms with van der Waals surface area (Å²) in [5.74, 6) is -0.857. The molecule has 15 heavy (non-hydrogen) atoms. The Morgan fingerprint density at radius 2 is 1.67 bits per heavy atom. The van der Waals surface area contributed by atoms with Crippen molar-refractivity contribution in [1.29, 1.82) is 0 Å². The van der Waals surface area contributed by atoms with Crippen LogP contribution in [0.15, 0.2) is 12.1 Å². The van der Waals surface area contributed by atoms with Gasteiger partial charge < -0.3 is 4.74 Å². The standard InChI is InChI=1S/C11H13BrF2O/c1-6(2)11(12)10-8(13)4-7(15-3)5-9(10)14/h4-6,11H,1-3H3. The van der Waals surface area contributed by atoms with Crippen molar-refractivity contribution < 1.29 is 13.5 Å². The fraction of sp³-hybridized carbons (Fsp3) is 0.455. The Morgan fingerprint density at radius 1 is 1.20 bits per heavy atom. The molecule has 1 nitrogen and oxygen atoms in total. The van der Waals surface area contributed by atoms with Gasteiger partial charge in [0.1, 0.15) is 17.4 Å². The average Bonchev–Trinajstić information content (AvgIpc) is 2.16. The first kappa shape index (κ1) is 12.4. The summed E-state index contributed by atoms with van der Waals surface area (Å²) < 4.78 is 31.9. The molecule has 0 heterocycles. The van der Waals surface area contributed by atoms with Crippen LogP contribution in [-0.2, 0) is 0 Å². The molecule has 0 aromatic heterocycles. The van der Waals surface area contributed by atoms with Gasteiger partial charge >= 0.3 is 0 Å². The number of rotatable bonds is 3. The molecule has 0 fully saturated rings. The van der Waals surface area contributed by atoms with Gasteiger partial charge in [0, 0.05) is 22.5 Å². The molecule has 1 aromatic rings. The van der Waals surface area contributed by atoms with Crippen LogP contribution in [0, 0.1) is 17.6 Å². The van der Waals surface area contributed by atoms with E-state index in [9.17, 15) is 8.78 Å². The molecule has 0 N–H and O–H groups in total. The predicted molar refractivity (Wildman–Crippen MR) is 59.4 cm³/mol. The molecule has 1 aromatic carbocycles. The van der Waals surface area contributed by atoms with Crippen LogP contribution in [0.1, 0.15) is 24.2 Å². The molecule has 0 bridgehead atoms. The monoisotopic (exact) mass is 278 g/mol. The molecule has 1 unspecified atom stereocenters. The SMILES string of the molecule is COc1cc(F)c(C(Br)C(C)C)c(F)c1. The molecule has 0 radical (unpaired) electrons. The Kier molecular flexibility index (Phi) is 4.08. The highest BCUT2D eigenvalue weighted by Gasteiger charge is 2.21. The summed E-state index contributed by atoms with van der Waals surface area (Å²) in [6, 6.07) is 2.38. The lowest BCUT2D eigenvalue weighted by molar-refractivity contribution is 0.404. The van der Waals surface area contributed by atoms with Crippen molar-refractivity contribution >= 4 is 15.9 Å². The molecule has 1 atom stereocenters. The predicted octanol–water partition coefficient (Wildman–Crippen LogP) is 4.07. The number of methoxy groups -OCH3 is 1. The molecule has 0 aliphatic carbocycles. The maximum atomic E-state index is 13.6. The van der Waals surface area contributed by atoms with Crippen LogP contribution in [-0.4, -0.2) is 7.11 Å². The summed E-state index contributed by atoms with van der Waals surface area (Å²) in [5, 5.41) is 0. The molecule has 0 saturated carbocycles. The number of alkyl halides is 1. The summed E-state index contributed by atoms with van der Waals surface area (Å²) in [7, 11) is 1.38. The fourth-order valence-electron chi connectivity index (χ4n) is 1.28. The maximum absolute atomic E-state index is 13.6. The number of halogens is 3. The lowest BCUT2D eigenvalue weighted by Gasteiger charge is -2.16. The van der Waals surface area contributed by atoms with Crippen LogP contribution in [0.4, 0.5) is 8.78 Å². The van der Waals surface area contributed by atoms with Crippen molar-refractivity contribution in [3.8, 4) is 5.75 Å². The van der Waals surface area contributed by atoms with Crippen molar-refractivity contribution in [2.24, 2.45) is 5.92 Å². The molecule has 0 spiro atoms. The van der Waals surface area contributed by atoms with Gasteiger partial charge in [-0.25, -0.2) is 8.78 Å². The van der Waals surface area contributed by atoms with E-state index < -0.39 is 11.6 Å². The highest BCUT2D eigenvalue weighted by atomic mass is 79.9. The minimum atomic E-state index is -0.581. The van der Waals surface area contributed by atoms with Crippen LogP contribution in [0.5, 0.6) is 5.75 Å². The molecule has 84 valence electrons. The van der Waals surface area contributed by atoms with E-state index in [0.29, 0.717) is 0 Å². The Balaban J connectivity index is 3.19. The highest BCUT2D eigenvalue weighted by Crippen LogP contribution is 2.35. The number of ether oxygens (including phenoxy) is 1. The minimum absolute atomic E-state index is 0.0609. The molecule has 1 rings (SSSR count). The third-order valence-electron chi connectivity index (χ3n) is 2.15. The highest BCUT2D eigenvalue weighted by molar-refractivity contribution is 9.09.